The molecule has 1 aromatic rings. The Labute approximate surface area is 123 Å². The molecule has 4 nitrogen and oxygen atoms in total. The van der Waals surface area contributed by atoms with Crippen LogP contribution in [0.2, 0.25) is 5.15 Å². The summed E-state index contributed by atoms with van der Waals surface area (Å²) in [6, 6.07) is 3.26. The lowest BCUT2D eigenvalue weighted by Gasteiger charge is -2.19. The normalized spacial score (nSPS) is 12.4. The van der Waals surface area contributed by atoms with E-state index in [4.69, 9.17) is 11.6 Å². The first-order valence-electron chi connectivity index (χ1n) is 5.29. The summed E-state index contributed by atoms with van der Waals surface area (Å²) < 4.78 is 36.5. The fourth-order valence-electron chi connectivity index (χ4n) is 1.28. The van der Waals surface area contributed by atoms with E-state index in [0.29, 0.717) is 5.15 Å². The van der Waals surface area contributed by atoms with Gasteiger partial charge in [0.1, 0.15) is 5.15 Å². The summed E-state index contributed by atoms with van der Waals surface area (Å²) in [4.78, 5) is 19.2. The van der Waals surface area contributed by atoms with Crippen molar-refractivity contribution in [3.63, 3.8) is 0 Å². The minimum atomic E-state index is -4.97. The average molecular weight is 326 g/mol. The van der Waals surface area contributed by atoms with Gasteiger partial charge in [-0.1, -0.05) is 29.4 Å². The summed E-state index contributed by atoms with van der Waals surface area (Å²) in [6.45, 7) is 0.259. The maximum atomic E-state index is 12.2. The molecule has 0 N–H and O–H groups in total. The number of hydrogen-bond donors (Lipinski definition) is 0. The number of thioether (sulfide) groups is 1. The quantitative estimate of drug-likeness (QED) is 0.476. The molecule has 0 aromatic carbocycles. The predicted octanol–water partition coefficient (Wildman–Crippen LogP) is 2.97. The number of halogens is 4. The zero-order chi connectivity index (χ0) is 15.3. The zero-order valence-electron chi connectivity index (χ0n) is 10.6. The second-order valence-corrected chi connectivity index (χ2v) is 4.91. The topological polar surface area (TPSA) is 45.6 Å². The van der Waals surface area contributed by atoms with Crippen molar-refractivity contribution in [2.75, 3.05) is 13.3 Å². The number of aliphatic imine (C=N–C) groups is 1. The molecule has 1 rings (SSSR count). The Morgan fingerprint density at radius 3 is 2.60 bits per heavy atom. The van der Waals surface area contributed by atoms with Crippen LogP contribution in [0.15, 0.2) is 23.3 Å². The molecule has 0 saturated carbocycles. The Bertz CT molecular complexity index is 505. The maximum absolute atomic E-state index is 12.2. The van der Waals surface area contributed by atoms with Crippen LogP contribution < -0.4 is 0 Å². The molecule has 0 atom stereocenters. The first kappa shape index (κ1) is 16.8. The van der Waals surface area contributed by atoms with Crippen molar-refractivity contribution >= 4 is 34.4 Å². The number of rotatable bonds is 2. The molecule has 0 radical (unpaired) electrons. The Hall–Kier alpha value is -1.28. The predicted molar refractivity (Wildman–Crippen MR) is 72.7 cm³/mol. The number of amidine groups is 1. The van der Waals surface area contributed by atoms with Crippen LogP contribution in [0, 0.1) is 0 Å². The molecule has 0 aliphatic heterocycles. The van der Waals surface area contributed by atoms with Gasteiger partial charge in [-0.3, -0.25) is 4.79 Å². The van der Waals surface area contributed by atoms with Gasteiger partial charge in [0.2, 0.25) is 0 Å². The average Bonchev–Trinajstić information content (AvgIpc) is 2.37. The van der Waals surface area contributed by atoms with E-state index in [2.05, 4.69) is 9.98 Å². The van der Waals surface area contributed by atoms with Gasteiger partial charge in [-0.25, -0.2) is 4.98 Å². The smallest absolute Gasteiger partial charge is 0.350 e. The zero-order valence-corrected chi connectivity index (χ0v) is 12.2. The fourth-order valence-corrected chi connectivity index (χ4v) is 1.94. The number of nitrogens with zero attached hydrogens (tertiary/aromatic N) is 3. The third-order valence-corrected chi connectivity index (χ3v) is 3.15. The SMILES string of the molecule is CSC(=NC(=O)C(F)(F)F)N(C)Cc1ccc(Cl)nc1. The number of aromatic nitrogens is 1. The highest BCUT2D eigenvalue weighted by molar-refractivity contribution is 8.13. The number of alkyl halides is 3. The van der Waals surface area contributed by atoms with Gasteiger partial charge in [0.25, 0.3) is 0 Å². The molecular weight excluding hydrogens is 315 g/mol. The molecule has 1 amide bonds. The number of amides is 1. The summed E-state index contributed by atoms with van der Waals surface area (Å²) in [5.74, 6) is -2.12. The highest BCUT2D eigenvalue weighted by atomic mass is 35.5. The minimum absolute atomic E-state index is 0.0257. The summed E-state index contributed by atoms with van der Waals surface area (Å²) in [6.07, 6.45) is -1.93. The van der Waals surface area contributed by atoms with Crippen molar-refractivity contribution in [1.82, 2.24) is 9.88 Å². The van der Waals surface area contributed by atoms with Gasteiger partial charge in [-0.15, -0.1) is 0 Å². The lowest BCUT2D eigenvalue weighted by molar-refractivity contribution is -0.169. The van der Waals surface area contributed by atoms with Gasteiger partial charge >= 0.3 is 12.1 Å². The van der Waals surface area contributed by atoms with Crippen molar-refractivity contribution in [2.24, 2.45) is 4.99 Å². The van der Waals surface area contributed by atoms with Crippen LogP contribution in [0.4, 0.5) is 13.2 Å². The van der Waals surface area contributed by atoms with Crippen molar-refractivity contribution in [3.05, 3.63) is 29.0 Å². The van der Waals surface area contributed by atoms with Crippen LogP contribution in [0.3, 0.4) is 0 Å². The van der Waals surface area contributed by atoms with Crippen molar-refractivity contribution < 1.29 is 18.0 Å². The van der Waals surface area contributed by atoms with E-state index in [0.717, 1.165) is 17.3 Å². The van der Waals surface area contributed by atoms with Gasteiger partial charge in [0.15, 0.2) is 5.17 Å². The lowest BCUT2D eigenvalue weighted by atomic mass is 10.3. The molecule has 110 valence electrons. The van der Waals surface area contributed by atoms with Crippen LogP contribution in [0.1, 0.15) is 5.56 Å². The molecule has 0 unspecified atom stereocenters. The standard InChI is InChI=1S/C11H11ClF3N3OS/c1-18(6-7-3-4-8(12)16-5-7)10(20-2)17-9(19)11(13,14)15/h3-5H,6H2,1-2H3. The highest BCUT2D eigenvalue weighted by Gasteiger charge is 2.39. The summed E-state index contributed by atoms with van der Waals surface area (Å²) >= 11 is 6.59. The van der Waals surface area contributed by atoms with E-state index in [1.165, 1.54) is 18.1 Å². The van der Waals surface area contributed by atoms with E-state index in [1.54, 1.807) is 18.4 Å². The van der Waals surface area contributed by atoms with Gasteiger partial charge in [0, 0.05) is 19.8 Å². The Morgan fingerprint density at radius 2 is 2.15 bits per heavy atom. The van der Waals surface area contributed by atoms with E-state index in [-0.39, 0.29) is 11.7 Å². The Morgan fingerprint density at radius 1 is 1.50 bits per heavy atom. The summed E-state index contributed by atoms with van der Waals surface area (Å²) in [5.41, 5.74) is 0.734. The van der Waals surface area contributed by atoms with E-state index < -0.39 is 12.1 Å². The molecule has 20 heavy (non-hydrogen) atoms. The number of carbonyl (C=O) groups is 1. The number of hydrogen-bond acceptors (Lipinski definition) is 3. The van der Waals surface area contributed by atoms with Crippen molar-refractivity contribution in [3.8, 4) is 0 Å². The van der Waals surface area contributed by atoms with Gasteiger partial charge < -0.3 is 4.90 Å². The van der Waals surface area contributed by atoms with Crippen LogP contribution in [-0.4, -0.2) is 40.4 Å². The first-order valence-corrected chi connectivity index (χ1v) is 6.89. The highest BCUT2D eigenvalue weighted by Crippen LogP contribution is 2.18. The minimum Gasteiger partial charge on any atom is -0.350 e. The van der Waals surface area contributed by atoms with E-state index in [9.17, 15) is 18.0 Å². The summed E-state index contributed by atoms with van der Waals surface area (Å²) in [5, 5.41) is 0.296. The fraction of sp³-hybridized carbons (Fsp3) is 0.364. The van der Waals surface area contributed by atoms with Crippen LogP contribution in [0.25, 0.3) is 0 Å². The summed E-state index contributed by atoms with van der Waals surface area (Å²) in [7, 11) is 1.54. The molecule has 0 aliphatic rings. The molecule has 0 aliphatic carbocycles. The molecule has 0 spiro atoms. The van der Waals surface area contributed by atoms with E-state index >= 15 is 0 Å². The van der Waals surface area contributed by atoms with Gasteiger partial charge in [0.05, 0.1) is 0 Å². The van der Waals surface area contributed by atoms with Crippen LogP contribution in [-0.2, 0) is 11.3 Å². The third kappa shape index (κ3) is 5.01. The number of carbonyl (C=O) groups excluding carboxylic acids is 1. The number of pyridine rings is 1. The molecule has 1 heterocycles. The monoisotopic (exact) mass is 325 g/mol. The molecule has 0 bridgehead atoms. The third-order valence-electron chi connectivity index (χ3n) is 2.16. The largest absolute Gasteiger partial charge is 0.473 e. The van der Waals surface area contributed by atoms with Gasteiger partial charge in [-0.05, 0) is 17.9 Å². The lowest BCUT2D eigenvalue weighted by Crippen LogP contribution is -2.28. The van der Waals surface area contributed by atoms with Crippen molar-refractivity contribution in [1.29, 1.82) is 0 Å². The van der Waals surface area contributed by atoms with Crippen LogP contribution >= 0.6 is 23.4 Å². The second kappa shape index (κ2) is 6.94. The van der Waals surface area contributed by atoms with Gasteiger partial charge in [-0.2, -0.15) is 18.2 Å². The Kier molecular flexibility index (Phi) is 5.82. The molecule has 0 fully saturated rings. The van der Waals surface area contributed by atoms with E-state index in [1.807, 2.05) is 0 Å². The molecular formula is C11H11ClF3N3OS. The second-order valence-electron chi connectivity index (χ2n) is 3.75. The van der Waals surface area contributed by atoms with Crippen LogP contribution in [0.5, 0.6) is 0 Å². The van der Waals surface area contributed by atoms with Crippen molar-refractivity contribution in [2.45, 2.75) is 12.7 Å². The molecule has 0 saturated heterocycles. The molecule has 9 heteroatoms. The first-order chi connectivity index (χ1) is 9.24. The maximum Gasteiger partial charge on any atom is 0.473 e. The Balaban J connectivity index is 2.82. The molecule has 1 aromatic heterocycles.